The fourth-order valence-corrected chi connectivity index (χ4v) is 2.58. The Bertz CT molecular complexity index is 514. The molecule has 3 rings (SSSR count). The van der Waals surface area contributed by atoms with Crippen LogP contribution in [0.1, 0.15) is 37.8 Å². The van der Waals surface area contributed by atoms with Crippen molar-refractivity contribution < 1.29 is 4.52 Å². The summed E-state index contributed by atoms with van der Waals surface area (Å²) in [5, 5.41) is 8.56. The summed E-state index contributed by atoms with van der Waals surface area (Å²) in [6.07, 6.45) is 8.25. The first-order valence-corrected chi connectivity index (χ1v) is 6.32. The van der Waals surface area contributed by atoms with Gasteiger partial charge in [0, 0.05) is 18.3 Å². The summed E-state index contributed by atoms with van der Waals surface area (Å²) in [6.45, 7) is 1.96. The Labute approximate surface area is 100 Å². The molecule has 0 radical (unpaired) electrons. The summed E-state index contributed by atoms with van der Waals surface area (Å²) in [7, 11) is 0. The Hall–Kier alpha value is -1.58. The Balaban J connectivity index is 1.91. The maximum Gasteiger partial charge on any atom is 0.172 e. The Morgan fingerprint density at radius 3 is 2.94 bits per heavy atom. The summed E-state index contributed by atoms with van der Waals surface area (Å²) in [6, 6.07) is 2.41. The zero-order valence-corrected chi connectivity index (χ0v) is 10.1. The van der Waals surface area contributed by atoms with E-state index >= 15 is 0 Å². The first-order chi connectivity index (χ1) is 8.34. The number of anilines is 1. The van der Waals surface area contributed by atoms with E-state index in [0.717, 1.165) is 22.5 Å². The topological polar surface area (TPSA) is 51.0 Å². The number of hydrogen-bond acceptors (Lipinski definition) is 4. The summed E-state index contributed by atoms with van der Waals surface area (Å²) < 4.78 is 5.25. The van der Waals surface area contributed by atoms with Crippen LogP contribution in [-0.4, -0.2) is 16.2 Å². The molecule has 0 saturated heterocycles. The van der Waals surface area contributed by atoms with Crippen LogP contribution in [0.5, 0.6) is 0 Å². The van der Waals surface area contributed by atoms with Crippen LogP contribution in [0.4, 0.5) is 5.82 Å². The van der Waals surface area contributed by atoms with Crippen molar-refractivity contribution in [1.29, 1.82) is 0 Å². The maximum atomic E-state index is 5.25. The minimum absolute atomic E-state index is 0.552. The molecule has 4 heteroatoms. The lowest BCUT2D eigenvalue weighted by Gasteiger charge is -2.23. The predicted octanol–water partition coefficient (Wildman–Crippen LogP) is 3.28. The number of hydrogen-bond donors (Lipinski definition) is 1. The third-order valence-electron chi connectivity index (χ3n) is 3.50. The fourth-order valence-electron chi connectivity index (χ4n) is 2.58. The Morgan fingerprint density at radius 2 is 2.12 bits per heavy atom. The standard InChI is InChI=1S/C13H17N3O/c1-9-12-11(17-16-9)7-8-14-13(12)15-10-5-3-2-4-6-10/h7-8,10H,2-6H2,1H3,(H,14,15). The molecule has 1 saturated carbocycles. The molecule has 0 spiro atoms. The van der Waals surface area contributed by atoms with Gasteiger partial charge in [-0.2, -0.15) is 0 Å². The minimum Gasteiger partial charge on any atom is -0.367 e. The molecule has 2 heterocycles. The lowest BCUT2D eigenvalue weighted by atomic mass is 9.95. The maximum absolute atomic E-state index is 5.25. The number of aromatic nitrogens is 2. The van der Waals surface area contributed by atoms with E-state index in [2.05, 4.69) is 15.5 Å². The van der Waals surface area contributed by atoms with Crippen molar-refractivity contribution >= 4 is 16.8 Å². The van der Waals surface area contributed by atoms with Crippen molar-refractivity contribution in [1.82, 2.24) is 10.1 Å². The highest BCUT2D eigenvalue weighted by molar-refractivity contribution is 5.89. The van der Waals surface area contributed by atoms with Crippen molar-refractivity contribution in [3.63, 3.8) is 0 Å². The molecule has 1 fully saturated rings. The van der Waals surface area contributed by atoms with Gasteiger partial charge in [-0.15, -0.1) is 0 Å². The first-order valence-electron chi connectivity index (χ1n) is 6.32. The van der Waals surface area contributed by atoms with E-state index in [1.807, 2.05) is 13.0 Å². The van der Waals surface area contributed by atoms with E-state index in [0.29, 0.717) is 6.04 Å². The van der Waals surface area contributed by atoms with E-state index in [-0.39, 0.29) is 0 Å². The number of nitrogens with zero attached hydrogens (tertiary/aromatic N) is 2. The van der Waals surface area contributed by atoms with Crippen LogP contribution in [-0.2, 0) is 0 Å². The number of pyridine rings is 1. The molecule has 4 nitrogen and oxygen atoms in total. The van der Waals surface area contributed by atoms with Gasteiger partial charge in [0.15, 0.2) is 5.58 Å². The fraction of sp³-hybridized carbons (Fsp3) is 0.538. The second-order valence-electron chi connectivity index (χ2n) is 4.78. The van der Waals surface area contributed by atoms with E-state index in [9.17, 15) is 0 Å². The SMILES string of the molecule is Cc1noc2ccnc(NC3CCCCC3)c12. The van der Waals surface area contributed by atoms with Crippen LogP contribution in [0, 0.1) is 6.92 Å². The predicted molar refractivity (Wildman–Crippen MR) is 67.0 cm³/mol. The first kappa shape index (κ1) is 10.6. The lowest BCUT2D eigenvalue weighted by molar-refractivity contribution is 0.450. The number of nitrogens with one attached hydrogen (secondary N) is 1. The van der Waals surface area contributed by atoms with Gasteiger partial charge in [0.2, 0.25) is 0 Å². The zero-order chi connectivity index (χ0) is 11.7. The van der Waals surface area contributed by atoms with Crippen molar-refractivity contribution in [3.05, 3.63) is 18.0 Å². The molecule has 1 N–H and O–H groups in total. The molecule has 0 unspecified atom stereocenters. The molecule has 0 aliphatic heterocycles. The lowest BCUT2D eigenvalue weighted by Crippen LogP contribution is -2.22. The minimum atomic E-state index is 0.552. The molecular weight excluding hydrogens is 214 g/mol. The number of rotatable bonds is 2. The van der Waals surface area contributed by atoms with Crippen molar-refractivity contribution in [2.75, 3.05) is 5.32 Å². The molecule has 17 heavy (non-hydrogen) atoms. The number of fused-ring (bicyclic) bond motifs is 1. The second kappa shape index (κ2) is 4.35. The van der Waals surface area contributed by atoms with E-state index < -0.39 is 0 Å². The summed E-state index contributed by atoms with van der Waals surface area (Å²) in [5.74, 6) is 0.924. The van der Waals surface area contributed by atoms with Crippen LogP contribution >= 0.6 is 0 Å². The molecule has 0 bridgehead atoms. The van der Waals surface area contributed by atoms with Gasteiger partial charge in [0.1, 0.15) is 5.82 Å². The van der Waals surface area contributed by atoms with Crippen molar-refractivity contribution in [2.45, 2.75) is 45.1 Å². The Morgan fingerprint density at radius 1 is 1.29 bits per heavy atom. The number of aryl methyl sites for hydroxylation is 1. The third-order valence-corrected chi connectivity index (χ3v) is 3.50. The highest BCUT2D eigenvalue weighted by Gasteiger charge is 2.16. The van der Waals surface area contributed by atoms with Gasteiger partial charge < -0.3 is 9.84 Å². The quantitative estimate of drug-likeness (QED) is 0.861. The summed E-state index contributed by atoms with van der Waals surface area (Å²) in [5.41, 5.74) is 1.72. The van der Waals surface area contributed by atoms with E-state index in [4.69, 9.17) is 4.52 Å². The molecule has 2 aromatic heterocycles. The van der Waals surface area contributed by atoms with E-state index in [1.165, 1.54) is 32.1 Å². The molecule has 90 valence electrons. The highest BCUT2D eigenvalue weighted by Crippen LogP contribution is 2.27. The second-order valence-corrected chi connectivity index (χ2v) is 4.78. The summed E-state index contributed by atoms with van der Waals surface area (Å²) in [4.78, 5) is 4.42. The van der Waals surface area contributed by atoms with Gasteiger partial charge in [-0.05, 0) is 19.8 Å². The molecule has 1 aliphatic carbocycles. The average molecular weight is 231 g/mol. The van der Waals surface area contributed by atoms with Crippen LogP contribution in [0.2, 0.25) is 0 Å². The smallest absolute Gasteiger partial charge is 0.172 e. The van der Waals surface area contributed by atoms with E-state index in [1.54, 1.807) is 6.20 Å². The van der Waals surface area contributed by atoms with Crippen LogP contribution < -0.4 is 5.32 Å². The van der Waals surface area contributed by atoms with Crippen LogP contribution in [0.15, 0.2) is 16.8 Å². The molecule has 2 aromatic rings. The van der Waals surface area contributed by atoms with Gasteiger partial charge in [-0.1, -0.05) is 24.4 Å². The monoisotopic (exact) mass is 231 g/mol. The normalized spacial score (nSPS) is 17.5. The van der Waals surface area contributed by atoms with Gasteiger partial charge in [0.25, 0.3) is 0 Å². The molecular formula is C13H17N3O. The van der Waals surface area contributed by atoms with Gasteiger partial charge in [0.05, 0.1) is 11.1 Å². The molecule has 1 aliphatic rings. The average Bonchev–Trinajstić information content (AvgIpc) is 2.74. The Kier molecular flexibility index (Phi) is 2.71. The highest BCUT2D eigenvalue weighted by atomic mass is 16.5. The largest absolute Gasteiger partial charge is 0.367 e. The van der Waals surface area contributed by atoms with Crippen molar-refractivity contribution in [3.8, 4) is 0 Å². The summed E-state index contributed by atoms with van der Waals surface area (Å²) >= 11 is 0. The van der Waals surface area contributed by atoms with Crippen molar-refractivity contribution in [2.24, 2.45) is 0 Å². The van der Waals surface area contributed by atoms with Gasteiger partial charge in [-0.25, -0.2) is 4.98 Å². The van der Waals surface area contributed by atoms with Crippen LogP contribution in [0.25, 0.3) is 11.0 Å². The van der Waals surface area contributed by atoms with Crippen LogP contribution in [0.3, 0.4) is 0 Å². The molecule has 0 aromatic carbocycles. The molecule has 0 amide bonds. The van der Waals surface area contributed by atoms with Gasteiger partial charge >= 0.3 is 0 Å². The third kappa shape index (κ3) is 1.99. The molecule has 0 atom stereocenters. The van der Waals surface area contributed by atoms with Gasteiger partial charge in [-0.3, -0.25) is 0 Å². The zero-order valence-electron chi connectivity index (χ0n) is 10.1.